The van der Waals surface area contributed by atoms with Gasteiger partial charge in [0.15, 0.2) is 5.13 Å². The van der Waals surface area contributed by atoms with Crippen molar-refractivity contribution in [1.82, 2.24) is 4.98 Å². The van der Waals surface area contributed by atoms with Gasteiger partial charge in [-0.15, -0.1) is 11.3 Å². The molecule has 0 aliphatic heterocycles. The van der Waals surface area contributed by atoms with Crippen LogP contribution in [0.4, 0.5) is 5.13 Å². The van der Waals surface area contributed by atoms with Crippen LogP contribution in [0.1, 0.15) is 6.42 Å². The fourth-order valence-corrected chi connectivity index (χ4v) is 2.64. The summed E-state index contributed by atoms with van der Waals surface area (Å²) in [4.78, 5) is 15.3. The molecule has 0 saturated carbocycles. The van der Waals surface area contributed by atoms with Crippen LogP contribution in [0.3, 0.4) is 0 Å². The molecule has 0 radical (unpaired) electrons. The average Bonchev–Trinajstić information content (AvgIpc) is 2.88. The fourth-order valence-electron chi connectivity index (χ4n) is 1.61. The average molecular weight is 316 g/mol. The number of thiol groups is 1. The topological polar surface area (TPSA) is 65.0 Å². The van der Waals surface area contributed by atoms with E-state index in [1.165, 1.54) is 11.3 Å². The molecule has 4 nitrogen and oxygen atoms in total. The van der Waals surface area contributed by atoms with Crippen molar-refractivity contribution in [2.24, 2.45) is 0 Å². The third kappa shape index (κ3) is 4.79. The molecule has 20 heavy (non-hydrogen) atoms. The first-order chi connectivity index (χ1) is 9.20. The van der Waals surface area contributed by atoms with Crippen molar-refractivity contribution < 1.29 is 39.5 Å². The van der Waals surface area contributed by atoms with Crippen molar-refractivity contribution in [1.29, 1.82) is 0 Å². The number of thiazole rings is 1. The number of aromatic nitrogens is 1. The largest absolute Gasteiger partial charge is 1.00 e. The minimum Gasteiger partial charge on any atom is -0.548 e. The van der Waals surface area contributed by atoms with E-state index in [1.807, 2.05) is 35.7 Å². The van der Waals surface area contributed by atoms with Gasteiger partial charge in [-0.25, -0.2) is 4.98 Å². The van der Waals surface area contributed by atoms with Crippen LogP contribution in [-0.4, -0.2) is 22.7 Å². The molecule has 2 rings (SSSR count). The van der Waals surface area contributed by atoms with Gasteiger partial charge in [0, 0.05) is 10.9 Å². The molecule has 0 amide bonds. The van der Waals surface area contributed by atoms with Crippen molar-refractivity contribution in [2.75, 3.05) is 11.1 Å². The second kappa shape index (κ2) is 8.69. The second-order valence-electron chi connectivity index (χ2n) is 3.93. The molecule has 2 aromatic rings. The van der Waals surface area contributed by atoms with Crippen LogP contribution >= 0.6 is 24.0 Å². The summed E-state index contributed by atoms with van der Waals surface area (Å²) in [6, 6.07) is 8.98. The minimum atomic E-state index is -1.13. The van der Waals surface area contributed by atoms with Crippen molar-refractivity contribution in [3.63, 3.8) is 0 Å². The van der Waals surface area contributed by atoms with Gasteiger partial charge in [0.05, 0.1) is 17.7 Å². The fraction of sp³-hybridized carbons (Fsp3) is 0.231. The molecular formula is C13H13N2NaO2S2. The Kier molecular flexibility index (Phi) is 7.61. The minimum absolute atomic E-state index is 0. The Morgan fingerprint density at radius 1 is 1.40 bits per heavy atom. The van der Waals surface area contributed by atoms with Gasteiger partial charge in [-0.3, -0.25) is 0 Å². The first-order valence-electron chi connectivity index (χ1n) is 5.80. The van der Waals surface area contributed by atoms with E-state index in [9.17, 15) is 9.90 Å². The number of carbonyl (C=O) groups is 1. The molecule has 1 N–H and O–H groups in total. The molecule has 1 aromatic carbocycles. The maximum atomic E-state index is 10.9. The van der Waals surface area contributed by atoms with Crippen molar-refractivity contribution in [3.05, 3.63) is 35.7 Å². The maximum Gasteiger partial charge on any atom is 1.00 e. The van der Waals surface area contributed by atoms with Crippen molar-refractivity contribution >= 4 is 35.1 Å². The molecule has 0 aliphatic rings. The SMILES string of the molecule is O=C([O-])[C@H](CCS)Nc1nc(-c2ccccc2)cs1.[Na+]. The van der Waals surface area contributed by atoms with Crippen LogP contribution in [-0.2, 0) is 4.79 Å². The molecule has 100 valence electrons. The van der Waals surface area contributed by atoms with Crippen LogP contribution in [0, 0.1) is 0 Å². The summed E-state index contributed by atoms with van der Waals surface area (Å²) >= 11 is 5.41. The maximum absolute atomic E-state index is 10.9. The zero-order valence-corrected chi connectivity index (χ0v) is 14.8. The van der Waals surface area contributed by atoms with E-state index in [-0.39, 0.29) is 29.6 Å². The van der Waals surface area contributed by atoms with Crippen LogP contribution in [0.15, 0.2) is 35.7 Å². The van der Waals surface area contributed by atoms with E-state index in [1.54, 1.807) is 0 Å². The first-order valence-corrected chi connectivity index (χ1v) is 7.31. The number of carboxylic acids is 1. The van der Waals surface area contributed by atoms with E-state index in [0.717, 1.165) is 11.3 Å². The summed E-state index contributed by atoms with van der Waals surface area (Å²) in [5, 5.41) is 16.3. The summed E-state index contributed by atoms with van der Waals surface area (Å²) in [5.74, 6) is -0.659. The number of nitrogens with zero attached hydrogens (tertiary/aromatic N) is 1. The molecule has 1 heterocycles. The smallest absolute Gasteiger partial charge is 0.548 e. The molecule has 1 atom stereocenters. The summed E-state index contributed by atoms with van der Waals surface area (Å²) in [5.41, 5.74) is 1.84. The number of anilines is 1. The van der Waals surface area contributed by atoms with E-state index in [4.69, 9.17) is 0 Å². The third-order valence-corrected chi connectivity index (χ3v) is 3.61. The Bertz CT molecular complexity index is 548. The Labute approximate surface area is 149 Å². The number of carboxylic acid groups (broad SMARTS) is 1. The summed E-state index contributed by atoms with van der Waals surface area (Å²) in [6.07, 6.45) is 0.395. The molecule has 0 bridgehead atoms. The predicted molar refractivity (Wildman–Crippen MR) is 78.4 cm³/mol. The monoisotopic (exact) mass is 316 g/mol. The van der Waals surface area contributed by atoms with E-state index in [2.05, 4.69) is 22.9 Å². The Balaban J connectivity index is 0.00000200. The molecule has 7 heteroatoms. The van der Waals surface area contributed by atoms with Crippen LogP contribution < -0.4 is 40.0 Å². The van der Waals surface area contributed by atoms with Gasteiger partial charge in [-0.2, -0.15) is 12.6 Å². The zero-order chi connectivity index (χ0) is 13.7. The van der Waals surface area contributed by atoms with E-state index < -0.39 is 12.0 Å². The summed E-state index contributed by atoms with van der Waals surface area (Å²) < 4.78 is 0. The zero-order valence-electron chi connectivity index (χ0n) is 11.1. The van der Waals surface area contributed by atoms with Crippen LogP contribution in [0.2, 0.25) is 0 Å². The molecule has 0 spiro atoms. The second-order valence-corrected chi connectivity index (χ2v) is 5.24. The number of aliphatic carboxylic acids is 1. The molecule has 0 aliphatic carbocycles. The van der Waals surface area contributed by atoms with Crippen LogP contribution in [0.5, 0.6) is 0 Å². The quantitative estimate of drug-likeness (QED) is 0.512. The van der Waals surface area contributed by atoms with Gasteiger partial charge in [0.2, 0.25) is 0 Å². The Hall–Kier alpha value is -0.530. The number of hydrogen-bond acceptors (Lipinski definition) is 6. The number of rotatable bonds is 6. The molecular weight excluding hydrogens is 303 g/mol. The van der Waals surface area contributed by atoms with Gasteiger partial charge >= 0.3 is 29.6 Å². The van der Waals surface area contributed by atoms with E-state index >= 15 is 0 Å². The van der Waals surface area contributed by atoms with Crippen molar-refractivity contribution in [2.45, 2.75) is 12.5 Å². The number of benzene rings is 1. The van der Waals surface area contributed by atoms with Gasteiger partial charge in [0.1, 0.15) is 0 Å². The number of hydrogen-bond donors (Lipinski definition) is 2. The Morgan fingerprint density at radius 2 is 2.10 bits per heavy atom. The number of nitrogens with one attached hydrogen (secondary N) is 1. The summed E-state index contributed by atoms with van der Waals surface area (Å²) in [6.45, 7) is 0. The molecule has 0 saturated heterocycles. The normalized spacial score (nSPS) is 11.4. The number of carbonyl (C=O) groups excluding carboxylic acids is 1. The summed E-state index contributed by atoms with van der Waals surface area (Å²) in [7, 11) is 0. The van der Waals surface area contributed by atoms with Gasteiger partial charge in [0.25, 0.3) is 0 Å². The van der Waals surface area contributed by atoms with Gasteiger partial charge < -0.3 is 15.2 Å². The molecule has 0 fully saturated rings. The molecule has 1 aromatic heterocycles. The predicted octanol–water partition coefficient (Wildman–Crippen LogP) is -1.34. The van der Waals surface area contributed by atoms with E-state index in [0.29, 0.717) is 17.3 Å². The first kappa shape index (κ1) is 17.5. The van der Waals surface area contributed by atoms with Gasteiger partial charge in [-0.1, -0.05) is 30.3 Å². The standard InChI is InChI=1S/C13H14N2O2S2.Na/c16-12(17)10(6-7-18)14-13-15-11(8-19-13)9-4-2-1-3-5-9;/h1-5,8,10,18H,6-7H2,(H,14,15)(H,16,17);/q;+1/p-1/t10-;/m0./s1. The Morgan fingerprint density at radius 3 is 2.70 bits per heavy atom. The molecule has 0 unspecified atom stereocenters. The van der Waals surface area contributed by atoms with Gasteiger partial charge in [-0.05, 0) is 12.2 Å². The van der Waals surface area contributed by atoms with Crippen LogP contribution in [0.25, 0.3) is 11.3 Å². The van der Waals surface area contributed by atoms with Crippen molar-refractivity contribution in [3.8, 4) is 11.3 Å². The third-order valence-electron chi connectivity index (χ3n) is 2.57.